The fourth-order valence-corrected chi connectivity index (χ4v) is 3.62. The van der Waals surface area contributed by atoms with Gasteiger partial charge in [-0.05, 0) is 54.4 Å². The number of aliphatic hydroxyl groups excluding tert-OH is 1. The molecule has 2 unspecified atom stereocenters. The lowest BCUT2D eigenvalue weighted by molar-refractivity contribution is -0.115. The van der Waals surface area contributed by atoms with Crippen molar-refractivity contribution < 1.29 is 19.4 Å². The zero-order valence-corrected chi connectivity index (χ0v) is 19.6. The fourth-order valence-electron chi connectivity index (χ4n) is 3.62. The first-order chi connectivity index (χ1) is 16.3. The van der Waals surface area contributed by atoms with Gasteiger partial charge in [0.2, 0.25) is 11.8 Å². The third-order valence-corrected chi connectivity index (χ3v) is 5.23. The van der Waals surface area contributed by atoms with Crippen molar-refractivity contribution in [2.75, 3.05) is 17.2 Å². The van der Waals surface area contributed by atoms with Crippen LogP contribution >= 0.6 is 0 Å². The van der Waals surface area contributed by atoms with Crippen LogP contribution in [0.3, 0.4) is 0 Å². The number of rotatable bonds is 10. The normalized spacial score (nSPS) is 12.6. The summed E-state index contributed by atoms with van der Waals surface area (Å²) in [7, 11) is 0. The quantitative estimate of drug-likeness (QED) is 0.341. The molecule has 0 saturated heterocycles. The van der Waals surface area contributed by atoms with Crippen LogP contribution in [0, 0.1) is 0 Å². The van der Waals surface area contributed by atoms with E-state index in [2.05, 4.69) is 16.0 Å². The standard InChI is InChI=1S/C27H31N3O4/c1-18(31)27(34-25-7-5-4-6-8-25)28-17-26(21-9-13-23(14-10-21)29-19(2)32)22-11-15-24(16-12-22)30-20(3)33/h4-16,18,26-28,31H,17H2,1-3H3,(H,29,32)(H,30,33). The van der Waals surface area contributed by atoms with E-state index in [4.69, 9.17) is 4.74 Å². The van der Waals surface area contributed by atoms with Crippen LogP contribution in [-0.4, -0.2) is 35.8 Å². The van der Waals surface area contributed by atoms with Crippen LogP contribution in [0.4, 0.5) is 11.4 Å². The van der Waals surface area contributed by atoms with E-state index >= 15 is 0 Å². The Kier molecular flexibility index (Phi) is 8.79. The molecule has 0 saturated carbocycles. The third kappa shape index (κ3) is 7.43. The number of ether oxygens (including phenoxy) is 1. The van der Waals surface area contributed by atoms with Gasteiger partial charge in [-0.1, -0.05) is 42.5 Å². The van der Waals surface area contributed by atoms with Crippen LogP contribution in [0.5, 0.6) is 5.75 Å². The molecule has 178 valence electrons. The lowest BCUT2D eigenvalue weighted by Crippen LogP contribution is -2.44. The molecule has 0 bridgehead atoms. The highest BCUT2D eigenvalue weighted by atomic mass is 16.5. The predicted molar refractivity (Wildman–Crippen MR) is 134 cm³/mol. The number of para-hydroxylation sites is 1. The molecule has 0 radical (unpaired) electrons. The maximum atomic E-state index is 11.4. The SMILES string of the molecule is CC(=O)Nc1ccc(C(CNC(Oc2ccccc2)C(C)O)c2ccc(NC(C)=O)cc2)cc1. The van der Waals surface area contributed by atoms with Crippen LogP contribution in [0.15, 0.2) is 78.9 Å². The summed E-state index contributed by atoms with van der Waals surface area (Å²) in [5.74, 6) is 0.338. The summed E-state index contributed by atoms with van der Waals surface area (Å²) in [6, 6.07) is 24.7. The maximum absolute atomic E-state index is 11.4. The van der Waals surface area contributed by atoms with E-state index in [0.717, 1.165) is 22.5 Å². The number of hydrogen-bond donors (Lipinski definition) is 4. The van der Waals surface area contributed by atoms with Gasteiger partial charge in [0.25, 0.3) is 0 Å². The average molecular weight is 462 g/mol. The van der Waals surface area contributed by atoms with E-state index in [1.807, 2.05) is 78.9 Å². The summed E-state index contributed by atoms with van der Waals surface area (Å²) in [6.45, 7) is 5.11. The Morgan fingerprint density at radius 1 is 0.794 bits per heavy atom. The number of benzene rings is 3. The second kappa shape index (κ2) is 12.0. The van der Waals surface area contributed by atoms with Gasteiger partial charge >= 0.3 is 0 Å². The topological polar surface area (TPSA) is 99.7 Å². The first kappa shape index (κ1) is 25.0. The summed E-state index contributed by atoms with van der Waals surface area (Å²) in [6.07, 6.45) is -1.35. The minimum absolute atomic E-state index is 0.0709. The number of anilines is 2. The highest BCUT2D eigenvalue weighted by Gasteiger charge is 2.21. The van der Waals surface area contributed by atoms with Gasteiger partial charge in [0.05, 0.1) is 0 Å². The number of carbonyl (C=O) groups excluding carboxylic acids is 2. The summed E-state index contributed by atoms with van der Waals surface area (Å²) >= 11 is 0. The minimum Gasteiger partial charge on any atom is -0.473 e. The van der Waals surface area contributed by atoms with Gasteiger partial charge in [-0.3, -0.25) is 14.9 Å². The zero-order valence-electron chi connectivity index (χ0n) is 19.6. The Bertz CT molecular complexity index is 1010. The molecular weight excluding hydrogens is 430 g/mol. The lowest BCUT2D eigenvalue weighted by atomic mass is 9.90. The van der Waals surface area contributed by atoms with Crippen LogP contribution in [-0.2, 0) is 9.59 Å². The van der Waals surface area contributed by atoms with E-state index in [0.29, 0.717) is 12.3 Å². The number of carbonyl (C=O) groups is 2. The van der Waals surface area contributed by atoms with Crippen molar-refractivity contribution >= 4 is 23.2 Å². The van der Waals surface area contributed by atoms with Gasteiger partial charge in [-0.25, -0.2) is 0 Å². The molecule has 0 spiro atoms. The van der Waals surface area contributed by atoms with E-state index in [9.17, 15) is 14.7 Å². The van der Waals surface area contributed by atoms with Crippen molar-refractivity contribution in [3.63, 3.8) is 0 Å². The van der Waals surface area contributed by atoms with Crippen molar-refractivity contribution in [2.24, 2.45) is 0 Å². The van der Waals surface area contributed by atoms with Gasteiger partial charge in [0.15, 0.2) is 6.23 Å². The predicted octanol–water partition coefficient (Wildman–Crippen LogP) is 4.11. The molecular formula is C27H31N3O4. The maximum Gasteiger partial charge on any atom is 0.221 e. The van der Waals surface area contributed by atoms with Gasteiger partial charge in [0, 0.05) is 37.7 Å². The second-order valence-electron chi connectivity index (χ2n) is 8.16. The third-order valence-electron chi connectivity index (χ3n) is 5.23. The smallest absolute Gasteiger partial charge is 0.221 e. The molecule has 3 rings (SSSR count). The van der Waals surface area contributed by atoms with E-state index < -0.39 is 12.3 Å². The Morgan fingerprint density at radius 3 is 1.68 bits per heavy atom. The van der Waals surface area contributed by atoms with Crippen molar-refractivity contribution in [2.45, 2.75) is 39.0 Å². The first-order valence-corrected chi connectivity index (χ1v) is 11.2. The van der Waals surface area contributed by atoms with Gasteiger partial charge < -0.3 is 20.5 Å². The monoisotopic (exact) mass is 461 g/mol. The van der Waals surface area contributed by atoms with E-state index in [1.54, 1.807) is 6.92 Å². The van der Waals surface area contributed by atoms with Gasteiger partial charge in [-0.2, -0.15) is 0 Å². The van der Waals surface area contributed by atoms with Crippen molar-refractivity contribution in [1.29, 1.82) is 0 Å². The van der Waals surface area contributed by atoms with Crippen molar-refractivity contribution in [1.82, 2.24) is 5.32 Å². The number of nitrogens with one attached hydrogen (secondary N) is 3. The molecule has 3 aromatic carbocycles. The Hall–Kier alpha value is -3.68. The molecule has 0 aliphatic carbocycles. The van der Waals surface area contributed by atoms with Crippen molar-refractivity contribution in [3.05, 3.63) is 90.0 Å². The average Bonchev–Trinajstić information content (AvgIpc) is 2.80. The molecule has 0 fully saturated rings. The number of aliphatic hydroxyl groups is 1. The Morgan fingerprint density at radius 2 is 1.26 bits per heavy atom. The largest absolute Gasteiger partial charge is 0.473 e. The minimum atomic E-state index is -0.745. The molecule has 34 heavy (non-hydrogen) atoms. The molecule has 7 nitrogen and oxygen atoms in total. The molecule has 2 amide bonds. The molecule has 2 atom stereocenters. The molecule has 7 heteroatoms. The molecule has 3 aromatic rings. The van der Waals surface area contributed by atoms with Gasteiger partial charge in [0.1, 0.15) is 11.9 Å². The number of hydrogen-bond acceptors (Lipinski definition) is 5. The summed E-state index contributed by atoms with van der Waals surface area (Å²) in [4.78, 5) is 22.7. The van der Waals surface area contributed by atoms with Crippen LogP contribution in [0.2, 0.25) is 0 Å². The molecule has 0 aliphatic heterocycles. The van der Waals surface area contributed by atoms with Crippen LogP contribution in [0.25, 0.3) is 0 Å². The van der Waals surface area contributed by atoms with Crippen LogP contribution < -0.4 is 20.7 Å². The summed E-state index contributed by atoms with van der Waals surface area (Å²) in [5, 5.41) is 19.2. The van der Waals surface area contributed by atoms with E-state index in [-0.39, 0.29) is 17.7 Å². The van der Waals surface area contributed by atoms with Crippen LogP contribution in [0.1, 0.15) is 37.8 Å². The molecule has 0 aromatic heterocycles. The first-order valence-electron chi connectivity index (χ1n) is 11.2. The Labute approximate surface area is 200 Å². The van der Waals surface area contributed by atoms with E-state index in [1.165, 1.54) is 13.8 Å². The highest BCUT2D eigenvalue weighted by Crippen LogP contribution is 2.27. The lowest BCUT2D eigenvalue weighted by Gasteiger charge is -2.26. The summed E-state index contributed by atoms with van der Waals surface area (Å²) < 4.78 is 5.97. The molecule has 0 aliphatic rings. The summed E-state index contributed by atoms with van der Waals surface area (Å²) in [5.41, 5.74) is 3.49. The second-order valence-corrected chi connectivity index (χ2v) is 8.16. The molecule has 4 N–H and O–H groups in total. The highest BCUT2D eigenvalue weighted by molar-refractivity contribution is 5.89. The zero-order chi connectivity index (χ0) is 24.5. The number of amides is 2. The fraction of sp³-hybridized carbons (Fsp3) is 0.259. The van der Waals surface area contributed by atoms with Gasteiger partial charge in [-0.15, -0.1) is 0 Å². The Balaban J connectivity index is 1.83. The molecule has 0 heterocycles. The van der Waals surface area contributed by atoms with Crippen molar-refractivity contribution in [3.8, 4) is 5.75 Å².